The molecule has 20 heavy (non-hydrogen) atoms. The SMILES string of the molecule is CCSc1cccc(NCCSC(F)(F)F)c1C(=O)O. The highest BCUT2D eigenvalue weighted by Crippen LogP contribution is 2.31. The van der Waals surface area contributed by atoms with Crippen molar-refractivity contribution in [3.05, 3.63) is 23.8 Å². The number of aromatic carboxylic acids is 1. The minimum absolute atomic E-state index is 0.0463. The minimum atomic E-state index is -4.27. The number of benzene rings is 1. The van der Waals surface area contributed by atoms with E-state index >= 15 is 0 Å². The monoisotopic (exact) mass is 325 g/mol. The van der Waals surface area contributed by atoms with Gasteiger partial charge in [-0.05, 0) is 29.6 Å². The number of thioether (sulfide) groups is 2. The Balaban J connectivity index is 2.74. The summed E-state index contributed by atoms with van der Waals surface area (Å²) < 4.78 is 36.0. The number of anilines is 1. The fourth-order valence-corrected chi connectivity index (χ4v) is 2.79. The Morgan fingerprint density at radius 2 is 2.10 bits per heavy atom. The van der Waals surface area contributed by atoms with Gasteiger partial charge in [-0.15, -0.1) is 11.8 Å². The van der Waals surface area contributed by atoms with Crippen LogP contribution in [0.1, 0.15) is 17.3 Å². The summed E-state index contributed by atoms with van der Waals surface area (Å²) in [6.45, 7) is 1.95. The summed E-state index contributed by atoms with van der Waals surface area (Å²) in [7, 11) is 0. The molecule has 0 bridgehead atoms. The maximum atomic E-state index is 12.0. The molecule has 0 atom stereocenters. The standard InChI is InChI=1S/C12H14F3NO2S2/c1-2-19-9-5-3-4-8(10(9)11(17)18)16-6-7-20-12(13,14)15/h3-5,16H,2,6-7H2,1H3,(H,17,18). The van der Waals surface area contributed by atoms with E-state index in [0.717, 1.165) is 0 Å². The molecule has 0 fully saturated rings. The van der Waals surface area contributed by atoms with Gasteiger partial charge in [0.1, 0.15) is 0 Å². The van der Waals surface area contributed by atoms with Crippen LogP contribution >= 0.6 is 23.5 Å². The van der Waals surface area contributed by atoms with Crippen LogP contribution in [-0.2, 0) is 0 Å². The average molecular weight is 325 g/mol. The molecule has 0 aliphatic rings. The van der Waals surface area contributed by atoms with E-state index in [9.17, 15) is 23.1 Å². The molecular weight excluding hydrogens is 311 g/mol. The number of hydrogen-bond acceptors (Lipinski definition) is 4. The Bertz CT molecular complexity index is 467. The number of carboxylic acid groups (broad SMARTS) is 1. The molecule has 0 heterocycles. The predicted molar refractivity (Wildman–Crippen MR) is 76.8 cm³/mol. The fraction of sp³-hybridized carbons (Fsp3) is 0.417. The summed E-state index contributed by atoms with van der Waals surface area (Å²) in [6.07, 6.45) is 0. The fourth-order valence-electron chi connectivity index (χ4n) is 1.53. The van der Waals surface area contributed by atoms with Crippen LogP contribution in [0, 0.1) is 0 Å². The van der Waals surface area contributed by atoms with Crippen molar-refractivity contribution in [3.63, 3.8) is 0 Å². The highest BCUT2D eigenvalue weighted by atomic mass is 32.2. The van der Waals surface area contributed by atoms with Gasteiger partial charge in [0.05, 0.1) is 5.56 Å². The smallest absolute Gasteiger partial charge is 0.441 e. The van der Waals surface area contributed by atoms with Gasteiger partial charge >= 0.3 is 11.5 Å². The number of carboxylic acids is 1. The maximum absolute atomic E-state index is 12.0. The van der Waals surface area contributed by atoms with Crippen molar-refractivity contribution in [3.8, 4) is 0 Å². The molecule has 2 N–H and O–H groups in total. The highest BCUT2D eigenvalue weighted by molar-refractivity contribution is 8.00. The average Bonchev–Trinajstić information content (AvgIpc) is 2.33. The van der Waals surface area contributed by atoms with E-state index in [1.54, 1.807) is 18.2 Å². The molecule has 1 aromatic carbocycles. The van der Waals surface area contributed by atoms with Crippen molar-refractivity contribution in [1.29, 1.82) is 0 Å². The first-order valence-corrected chi connectivity index (χ1v) is 7.76. The zero-order chi connectivity index (χ0) is 15.2. The molecule has 0 radical (unpaired) electrons. The minimum Gasteiger partial charge on any atom is -0.478 e. The lowest BCUT2D eigenvalue weighted by Gasteiger charge is -2.13. The van der Waals surface area contributed by atoms with Crippen LogP contribution in [0.2, 0.25) is 0 Å². The third-order valence-electron chi connectivity index (χ3n) is 2.22. The Morgan fingerprint density at radius 1 is 1.40 bits per heavy atom. The van der Waals surface area contributed by atoms with Gasteiger partial charge in [-0.1, -0.05) is 13.0 Å². The number of halogens is 3. The molecule has 0 aromatic heterocycles. The number of alkyl halides is 3. The first-order valence-electron chi connectivity index (χ1n) is 5.78. The molecule has 1 aromatic rings. The molecule has 0 saturated heterocycles. The van der Waals surface area contributed by atoms with Gasteiger partial charge in [0.2, 0.25) is 0 Å². The highest BCUT2D eigenvalue weighted by Gasteiger charge is 2.27. The maximum Gasteiger partial charge on any atom is 0.441 e. The molecular formula is C12H14F3NO2S2. The van der Waals surface area contributed by atoms with E-state index in [2.05, 4.69) is 5.32 Å². The molecule has 0 unspecified atom stereocenters. The second kappa shape index (κ2) is 7.68. The van der Waals surface area contributed by atoms with Gasteiger partial charge in [-0.25, -0.2) is 4.79 Å². The number of carbonyl (C=O) groups is 1. The van der Waals surface area contributed by atoms with Crippen LogP contribution in [-0.4, -0.2) is 34.6 Å². The molecule has 0 aliphatic heterocycles. The summed E-state index contributed by atoms with van der Waals surface area (Å²) in [5.41, 5.74) is -3.81. The molecule has 0 aliphatic carbocycles. The lowest BCUT2D eigenvalue weighted by Crippen LogP contribution is -2.12. The predicted octanol–water partition coefficient (Wildman–Crippen LogP) is 4.16. The van der Waals surface area contributed by atoms with Crippen LogP contribution in [0.15, 0.2) is 23.1 Å². The number of rotatable bonds is 7. The lowest BCUT2D eigenvalue weighted by molar-refractivity contribution is -0.0327. The molecule has 8 heteroatoms. The van der Waals surface area contributed by atoms with Crippen molar-refractivity contribution in [2.24, 2.45) is 0 Å². The summed E-state index contributed by atoms with van der Waals surface area (Å²) in [5, 5.41) is 12.0. The normalized spacial score (nSPS) is 11.4. The van der Waals surface area contributed by atoms with Crippen LogP contribution in [0.5, 0.6) is 0 Å². The van der Waals surface area contributed by atoms with Gasteiger partial charge in [-0.2, -0.15) is 13.2 Å². The summed E-state index contributed by atoms with van der Waals surface area (Å²) >= 11 is 1.25. The van der Waals surface area contributed by atoms with E-state index in [1.807, 2.05) is 6.92 Å². The number of hydrogen-bond donors (Lipinski definition) is 2. The van der Waals surface area contributed by atoms with Crippen molar-refractivity contribution >= 4 is 35.2 Å². The van der Waals surface area contributed by atoms with Crippen molar-refractivity contribution in [1.82, 2.24) is 0 Å². The lowest BCUT2D eigenvalue weighted by atomic mass is 10.2. The van der Waals surface area contributed by atoms with E-state index < -0.39 is 11.5 Å². The second-order valence-electron chi connectivity index (χ2n) is 3.64. The Morgan fingerprint density at radius 3 is 2.65 bits per heavy atom. The largest absolute Gasteiger partial charge is 0.478 e. The first-order chi connectivity index (χ1) is 9.35. The van der Waals surface area contributed by atoms with Crippen molar-refractivity contribution in [2.75, 3.05) is 23.4 Å². The van der Waals surface area contributed by atoms with E-state index in [0.29, 0.717) is 16.3 Å². The van der Waals surface area contributed by atoms with Crippen LogP contribution in [0.25, 0.3) is 0 Å². The van der Waals surface area contributed by atoms with Gasteiger partial charge in [0, 0.05) is 22.9 Å². The summed E-state index contributed by atoms with van der Waals surface area (Å²) in [6, 6.07) is 4.93. The molecule has 3 nitrogen and oxygen atoms in total. The third kappa shape index (κ3) is 5.54. The topological polar surface area (TPSA) is 49.3 Å². The van der Waals surface area contributed by atoms with Crippen molar-refractivity contribution in [2.45, 2.75) is 17.3 Å². The molecule has 1 rings (SSSR count). The third-order valence-corrected chi connectivity index (χ3v) is 3.90. The van der Waals surface area contributed by atoms with Gasteiger partial charge in [-0.3, -0.25) is 0 Å². The molecule has 112 valence electrons. The van der Waals surface area contributed by atoms with Crippen LogP contribution < -0.4 is 5.32 Å². The first kappa shape index (κ1) is 17.0. The molecule has 0 amide bonds. The van der Waals surface area contributed by atoms with Gasteiger partial charge in [0.15, 0.2) is 0 Å². The Labute approximate surface area is 123 Å². The van der Waals surface area contributed by atoms with Crippen LogP contribution in [0.3, 0.4) is 0 Å². The second-order valence-corrected chi connectivity index (χ2v) is 6.10. The van der Waals surface area contributed by atoms with Crippen molar-refractivity contribution < 1.29 is 23.1 Å². The zero-order valence-electron chi connectivity index (χ0n) is 10.7. The Hall–Kier alpha value is -1.02. The molecule has 0 saturated carbocycles. The van der Waals surface area contributed by atoms with Gasteiger partial charge in [0.25, 0.3) is 0 Å². The van der Waals surface area contributed by atoms with Crippen LogP contribution in [0.4, 0.5) is 18.9 Å². The van der Waals surface area contributed by atoms with Gasteiger partial charge < -0.3 is 10.4 Å². The van der Waals surface area contributed by atoms with E-state index in [1.165, 1.54) is 11.8 Å². The quantitative estimate of drug-likeness (QED) is 0.582. The van der Waals surface area contributed by atoms with E-state index in [4.69, 9.17) is 0 Å². The Kier molecular flexibility index (Phi) is 6.54. The zero-order valence-corrected chi connectivity index (χ0v) is 12.3. The molecule has 0 spiro atoms. The number of nitrogens with one attached hydrogen (secondary N) is 1. The van der Waals surface area contributed by atoms with E-state index in [-0.39, 0.29) is 29.6 Å². The summed E-state index contributed by atoms with van der Waals surface area (Å²) in [5.74, 6) is -0.547. The summed E-state index contributed by atoms with van der Waals surface area (Å²) in [4.78, 5) is 11.9.